The van der Waals surface area contributed by atoms with Crippen LogP contribution in [0.3, 0.4) is 0 Å². The monoisotopic (exact) mass is 421 g/mol. The number of hydrazone groups is 1. The minimum absolute atomic E-state index is 0.0598. The maximum atomic E-state index is 13.0. The van der Waals surface area contributed by atoms with Crippen molar-refractivity contribution in [2.75, 3.05) is 11.6 Å². The summed E-state index contributed by atoms with van der Waals surface area (Å²) in [6, 6.07) is 15.8. The third-order valence-electron chi connectivity index (χ3n) is 4.55. The summed E-state index contributed by atoms with van der Waals surface area (Å²) >= 11 is 0. The van der Waals surface area contributed by atoms with E-state index < -0.39 is 20.8 Å². The Hall–Kier alpha value is -3.59. The number of pyridine rings is 2. The molecular weight excluding hydrogens is 402 g/mol. The lowest BCUT2D eigenvalue weighted by Gasteiger charge is -2.26. The molecule has 0 radical (unpaired) electrons. The number of anilines is 2. The lowest BCUT2D eigenvalue weighted by atomic mass is 10.2. The van der Waals surface area contributed by atoms with Gasteiger partial charge in [0.05, 0.1) is 5.69 Å². The van der Waals surface area contributed by atoms with Gasteiger partial charge in [-0.3, -0.25) is 9.78 Å². The molecule has 0 unspecified atom stereocenters. The molecule has 9 heteroatoms. The van der Waals surface area contributed by atoms with Crippen LogP contribution in [0.1, 0.15) is 11.3 Å². The van der Waals surface area contributed by atoms with Crippen molar-refractivity contribution in [2.24, 2.45) is 5.10 Å². The third kappa shape index (κ3) is 3.79. The molecular formula is C21H19N5O3S. The molecule has 3 aromatic rings. The van der Waals surface area contributed by atoms with Crippen molar-refractivity contribution in [3.63, 3.8) is 0 Å². The van der Waals surface area contributed by atoms with Gasteiger partial charge in [0.25, 0.3) is 5.91 Å². The SMILES string of the molecule is Cc1ccc(N2N=C(C(=O)NCCc3ccccn3)S(=O)(=O)c3cccnc32)cc1. The van der Waals surface area contributed by atoms with Crippen LogP contribution >= 0.6 is 0 Å². The van der Waals surface area contributed by atoms with Crippen molar-refractivity contribution in [3.05, 3.63) is 78.2 Å². The van der Waals surface area contributed by atoms with E-state index >= 15 is 0 Å². The summed E-state index contributed by atoms with van der Waals surface area (Å²) in [4.78, 5) is 21.1. The Morgan fingerprint density at radius 2 is 1.77 bits per heavy atom. The summed E-state index contributed by atoms with van der Waals surface area (Å²) in [7, 11) is -4.11. The molecule has 3 heterocycles. The van der Waals surface area contributed by atoms with Gasteiger partial charge in [-0.25, -0.2) is 18.4 Å². The number of carbonyl (C=O) groups excluding carboxylic acids is 1. The van der Waals surface area contributed by atoms with Gasteiger partial charge in [0, 0.05) is 31.1 Å². The van der Waals surface area contributed by atoms with Crippen LogP contribution in [0.25, 0.3) is 0 Å². The molecule has 1 N–H and O–H groups in total. The van der Waals surface area contributed by atoms with E-state index in [1.807, 2.05) is 31.2 Å². The average Bonchev–Trinajstić information content (AvgIpc) is 2.75. The minimum atomic E-state index is -4.11. The first kappa shape index (κ1) is 19.7. The summed E-state index contributed by atoms with van der Waals surface area (Å²) < 4.78 is 26.1. The molecule has 0 saturated heterocycles. The summed E-state index contributed by atoms with van der Waals surface area (Å²) in [5.74, 6) is -0.607. The number of rotatable bonds is 5. The molecule has 1 aliphatic heterocycles. The molecule has 0 spiro atoms. The van der Waals surface area contributed by atoms with E-state index in [1.54, 1.807) is 24.4 Å². The smallest absolute Gasteiger partial charge is 0.284 e. The van der Waals surface area contributed by atoms with Crippen LogP contribution in [0.4, 0.5) is 11.5 Å². The summed E-state index contributed by atoms with van der Waals surface area (Å²) in [6.07, 6.45) is 3.62. The Morgan fingerprint density at radius 3 is 2.50 bits per heavy atom. The van der Waals surface area contributed by atoms with Crippen LogP contribution in [0, 0.1) is 6.92 Å². The van der Waals surface area contributed by atoms with Gasteiger partial charge in [-0.2, -0.15) is 0 Å². The van der Waals surface area contributed by atoms with Crippen molar-refractivity contribution < 1.29 is 13.2 Å². The molecule has 1 amide bonds. The van der Waals surface area contributed by atoms with Crippen LogP contribution in [0.5, 0.6) is 0 Å². The topological polar surface area (TPSA) is 105 Å². The number of aryl methyl sites for hydroxylation is 1. The van der Waals surface area contributed by atoms with Gasteiger partial charge in [-0.05, 0) is 43.3 Å². The van der Waals surface area contributed by atoms with Crippen molar-refractivity contribution >= 4 is 32.3 Å². The number of hydrogen-bond acceptors (Lipinski definition) is 7. The summed E-state index contributed by atoms with van der Waals surface area (Å²) in [5.41, 5.74) is 2.44. The molecule has 2 aromatic heterocycles. The largest absolute Gasteiger partial charge is 0.350 e. The molecule has 152 valence electrons. The number of hydrogen-bond donors (Lipinski definition) is 1. The highest BCUT2D eigenvalue weighted by Gasteiger charge is 2.38. The van der Waals surface area contributed by atoms with Crippen LogP contribution in [-0.2, 0) is 21.1 Å². The lowest BCUT2D eigenvalue weighted by Crippen LogP contribution is -2.41. The highest BCUT2D eigenvalue weighted by molar-refractivity contribution is 8.08. The number of benzene rings is 1. The van der Waals surface area contributed by atoms with Gasteiger partial charge >= 0.3 is 0 Å². The number of amides is 1. The molecule has 0 atom stereocenters. The van der Waals surface area contributed by atoms with Crippen molar-refractivity contribution in [3.8, 4) is 0 Å². The zero-order valence-electron chi connectivity index (χ0n) is 16.2. The maximum absolute atomic E-state index is 13.0. The highest BCUT2D eigenvalue weighted by Crippen LogP contribution is 2.34. The average molecular weight is 421 g/mol. The number of nitrogens with one attached hydrogen (secondary N) is 1. The molecule has 0 aliphatic carbocycles. The fourth-order valence-electron chi connectivity index (χ4n) is 3.01. The van der Waals surface area contributed by atoms with E-state index in [0.717, 1.165) is 11.3 Å². The Balaban J connectivity index is 1.65. The Labute approximate surface area is 174 Å². The van der Waals surface area contributed by atoms with Crippen LogP contribution in [-0.4, -0.2) is 35.9 Å². The fraction of sp³-hybridized carbons (Fsp3) is 0.143. The third-order valence-corrected chi connectivity index (χ3v) is 6.23. The number of carbonyl (C=O) groups is 1. The van der Waals surface area contributed by atoms with E-state index in [-0.39, 0.29) is 17.3 Å². The van der Waals surface area contributed by atoms with Crippen LogP contribution in [0.15, 0.2) is 77.0 Å². The molecule has 30 heavy (non-hydrogen) atoms. The zero-order chi connectivity index (χ0) is 21.1. The zero-order valence-corrected chi connectivity index (χ0v) is 17.0. The Kier molecular flexibility index (Phi) is 5.28. The normalized spacial score (nSPS) is 14.6. The minimum Gasteiger partial charge on any atom is -0.350 e. The Morgan fingerprint density at radius 1 is 1.00 bits per heavy atom. The van der Waals surface area contributed by atoms with E-state index in [4.69, 9.17) is 0 Å². The maximum Gasteiger partial charge on any atom is 0.284 e. The van der Waals surface area contributed by atoms with Gasteiger partial charge in [0.2, 0.25) is 14.9 Å². The number of nitrogens with zero attached hydrogens (tertiary/aromatic N) is 4. The Bertz CT molecular complexity index is 1210. The van der Waals surface area contributed by atoms with Crippen LogP contribution in [0.2, 0.25) is 0 Å². The van der Waals surface area contributed by atoms with E-state index in [2.05, 4.69) is 20.4 Å². The second kappa shape index (κ2) is 8.03. The standard InChI is InChI=1S/C21H19N5O3S/c1-15-7-9-17(10-8-15)26-19-18(6-4-13-23-19)30(28,29)21(25-26)20(27)24-14-11-16-5-2-3-12-22-16/h2-10,12-13H,11,14H2,1H3,(H,24,27). The van der Waals surface area contributed by atoms with Gasteiger partial charge < -0.3 is 5.32 Å². The number of fused-ring (bicyclic) bond motifs is 1. The van der Waals surface area contributed by atoms with E-state index in [0.29, 0.717) is 12.1 Å². The summed E-state index contributed by atoms with van der Waals surface area (Å²) in [6.45, 7) is 2.18. The van der Waals surface area contributed by atoms with Crippen molar-refractivity contribution in [1.82, 2.24) is 15.3 Å². The van der Waals surface area contributed by atoms with Gasteiger partial charge in [-0.15, -0.1) is 5.10 Å². The second-order valence-electron chi connectivity index (χ2n) is 6.71. The summed E-state index contributed by atoms with van der Waals surface area (Å²) in [5, 5.41) is 7.62. The number of sulfone groups is 1. The molecule has 1 aromatic carbocycles. The first-order valence-corrected chi connectivity index (χ1v) is 10.8. The fourth-order valence-corrected chi connectivity index (χ4v) is 4.36. The lowest BCUT2D eigenvalue weighted by molar-refractivity contribution is -0.114. The predicted molar refractivity (Wildman–Crippen MR) is 113 cm³/mol. The predicted octanol–water partition coefficient (Wildman–Crippen LogP) is 2.38. The molecule has 4 rings (SSSR count). The van der Waals surface area contributed by atoms with Crippen LogP contribution < -0.4 is 10.3 Å². The highest BCUT2D eigenvalue weighted by atomic mass is 32.2. The van der Waals surface area contributed by atoms with E-state index in [9.17, 15) is 13.2 Å². The van der Waals surface area contributed by atoms with Crippen molar-refractivity contribution in [1.29, 1.82) is 0 Å². The number of aromatic nitrogens is 2. The second-order valence-corrected chi connectivity index (χ2v) is 8.54. The first-order chi connectivity index (χ1) is 14.5. The quantitative estimate of drug-likeness (QED) is 0.678. The molecule has 0 fully saturated rings. The van der Waals surface area contributed by atoms with Gasteiger partial charge in [0.1, 0.15) is 4.90 Å². The van der Waals surface area contributed by atoms with Crippen molar-refractivity contribution in [2.45, 2.75) is 18.2 Å². The van der Waals surface area contributed by atoms with Gasteiger partial charge in [0.15, 0.2) is 5.82 Å². The molecule has 1 aliphatic rings. The first-order valence-electron chi connectivity index (χ1n) is 9.30. The molecule has 0 bridgehead atoms. The molecule has 8 nitrogen and oxygen atoms in total. The molecule has 0 saturated carbocycles. The van der Waals surface area contributed by atoms with E-state index in [1.165, 1.54) is 23.3 Å². The van der Waals surface area contributed by atoms with Gasteiger partial charge in [-0.1, -0.05) is 23.8 Å².